The SMILES string of the molecule is CN(C)C(=O)N[C@@H]1CCOC2(CCN(Cc3cnn(C)c3)CC2)C1. The van der Waals surface area contributed by atoms with Crippen molar-refractivity contribution in [2.75, 3.05) is 33.8 Å². The second-order valence-electron chi connectivity index (χ2n) is 7.36. The Morgan fingerprint density at radius 2 is 2.21 bits per heavy atom. The number of likely N-dealkylation sites (tertiary alicyclic amines) is 1. The predicted molar refractivity (Wildman–Crippen MR) is 91.6 cm³/mol. The summed E-state index contributed by atoms with van der Waals surface area (Å²) in [5, 5.41) is 7.36. The standard InChI is InChI=1S/C17H29N5O2/c1-20(2)16(23)19-15-4-9-24-17(10-15)5-7-22(8-6-17)13-14-11-18-21(3)12-14/h11-12,15H,4-10,13H2,1-3H3,(H,19,23)/t15-/m1/s1. The molecule has 3 rings (SSSR count). The smallest absolute Gasteiger partial charge is 0.317 e. The van der Waals surface area contributed by atoms with Crippen molar-refractivity contribution in [1.29, 1.82) is 0 Å². The molecule has 0 unspecified atom stereocenters. The minimum atomic E-state index is -0.0616. The minimum Gasteiger partial charge on any atom is -0.375 e. The molecular formula is C17H29N5O2. The second-order valence-corrected chi connectivity index (χ2v) is 7.36. The van der Waals surface area contributed by atoms with Gasteiger partial charge in [-0.05, 0) is 25.7 Å². The molecule has 2 aliphatic rings. The lowest BCUT2D eigenvalue weighted by molar-refractivity contribution is -0.119. The van der Waals surface area contributed by atoms with Crippen LogP contribution in [0.1, 0.15) is 31.2 Å². The first-order valence-corrected chi connectivity index (χ1v) is 8.77. The first-order valence-electron chi connectivity index (χ1n) is 8.77. The molecule has 24 heavy (non-hydrogen) atoms. The van der Waals surface area contributed by atoms with Gasteiger partial charge in [0.05, 0.1) is 11.8 Å². The molecular weight excluding hydrogens is 306 g/mol. The molecule has 0 aliphatic carbocycles. The van der Waals surface area contributed by atoms with Crippen LogP contribution in [0.4, 0.5) is 4.79 Å². The fourth-order valence-corrected chi connectivity index (χ4v) is 3.73. The van der Waals surface area contributed by atoms with E-state index in [0.717, 1.165) is 51.9 Å². The van der Waals surface area contributed by atoms with Crippen molar-refractivity contribution in [2.24, 2.45) is 7.05 Å². The lowest BCUT2D eigenvalue weighted by atomic mass is 9.82. The summed E-state index contributed by atoms with van der Waals surface area (Å²) < 4.78 is 8.02. The Balaban J connectivity index is 1.51. The van der Waals surface area contributed by atoms with Gasteiger partial charge in [-0.2, -0.15) is 5.10 Å². The van der Waals surface area contributed by atoms with Crippen LogP contribution >= 0.6 is 0 Å². The molecule has 2 fully saturated rings. The highest BCUT2D eigenvalue weighted by Gasteiger charge is 2.40. The number of aromatic nitrogens is 2. The Morgan fingerprint density at radius 1 is 1.46 bits per heavy atom. The Bertz CT molecular complexity index is 563. The highest BCUT2D eigenvalue weighted by molar-refractivity contribution is 5.73. The van der Waals surface area contributed by atoms with Crippen LogP contribution < -0.4 is 5.32 Å². The highest BCUT2D eigenvalue weighted by Crippen LogP contribution is 2.35. The fraction of sp³-hybridized carbons (Fsp3) is 0.765. The first-order chi connectivity index (χ1) is 11.5. The molecule has 1 spiro atoms. The molecule has 0 saturated carbocycles. The molecule has 0 radical (unpaired) electrons. The van der Waals surface area contributed by atoms with Crippen LogP contribution in [0.2, 0.25) is 0 Å². The molecule has 0 bridgehead atoms. The predicted octanol–water partition coefficient (Wildman–Crippen LogP) is 1.20. The van der Waals surface area contributed by atoms with Gasteiger partial charge < -0.3 is 15.0 Å². The zero-order valence-electron chi connectivity index (χ0n) is 15.0. The van der Waals surface area contributed by atoms with E-state index < -0.39 is 0 Å². The number of urea groups is 1. The number of rotatable bonds is 3. The van der Waals surface area contributed by atoms with Gasteiger partial charge in [-0.15, -0.1) is 0 Å². The highest BCUT2D eigenvalue weighted by atomic mass is 16.5. The minimum absolute atomic E-state index is 0.00827. The van der Waals surface area contributed by atoms with Gasteiger partial charge >= 0.3 is 6.03 Å². The molecule has 7 nitrogen and oxygen atoms in total. The maximum atomic E-state index is 11.9. The van der Waals surface area contributed by atoms with Crippen LogP contribution in [0, 0.1) is 0 Å². The lowest BCUT2D eigenvalue weighted by Crippen LogP contribution is -2.54. The number of hydrogen-bond donors (Lipinski definition) is 1. The topological polar surface area (TPSA) is 62.6 Å². The molecule has 1 aromatic rings. The molecule has 134 valence electrons. The van der Waals surface area contributed by atoms with Gasteiger partial charge in [0.2, 0.25) is 0 Å². The molecule has 0 aromatic carbocycles. The molecule has 2 amide bonds. The summed E-state index contributed by atoms with van der Waals surface area (Å²) >= 11 is 0. The van der Waals surface area contributed by atoms with Gasteiger partial charge in [0, 0.05) is 65.2 Å². The van der Waals surface area contributed by atoms with E-state index in [2.05, 4.69) is 21.5 Å². The molecule has 2 aliphatic heterocycles. The number of nitrogens with zero attached hydrogens (tertiary/aromatic N) is 4. The third-order valence-corrected chi connectivity index (χ3v) is 5.16. The van der Waals surface area contributed by atoms with Gasteiger partial charge in [-0.25, -0.2) is 4.79 Å². The maximum absolute atomic E-state index is 11.9. The van der Waals surface area contributed by atoms with Gasteiger partial charge in [0.15, 0.2) is 0 Å². The van der Waals surface area contributed by atoms with Gasteiger partial charge in [0.1, 0.15) is 0 Å². The average molecular weight is 335 g/mol. The molecule has 3 heterocycles. The number of aryl methyl sites for hydroxylation is 1. The van der Waals surface area contributed by atoms with Crippen LogP contribution in [-0.4, -0.2) is 71.0 Å². The average Bonchev–Trinajstić information content (AvgIpc) is 2.95. The summed E-state index contributed by atoms with van der Waals surface area (Å²) in [5.74, 6) is 0. The number of nitrogens with one attached hydrogen (secondary N) is 1. The maximum Gasteiger partial charge on any atom is 0.317 e. The van der Waals surface area contributed by atoms with Gasteiger partial charge in [-0.3, -0.25) is 9.58 Å². The van der Waals surface area contributed by atoms with Crippen molar-refractivity contribution >= 4 is 6.03 Å². The number of piperidine rings is 1. The van der Waals surface area contributed by atoms with E-state index in [9.17, 15) is 4.79 Å². The third-order valence-electron chi connectivity index (χ3n) is 5.16. The number of carbonyl (C=O) groups excluding carboxylic acids is 1. The Kier molecular flexibility index (Phi) is 5.10. The number of amides is 2. The van der Waals surface area contributed by atoms with E-state index >= 15 is 0 Å². The van der Waals surface area contributed by atoms with Crippen LogP contribution in [0.5, 0.6) is 0 Å². The Labute approximate surface area is 143 Å². The quantitative estimate of drug-likeness (QED) is 0.902. The zero-order valence-corrected chi connectivity index (χ0v) is 15.0. The van der Waals surface area contributed by atoms with Crippen molar-refractivity contribution in [3.05, 3.63) is 18.0 Å². The van der Waals surface area contributed by atoms with Crippen LogP contribution in [0.3, 0.4) is 0 Å². The molecule has 1 atom stereocenters. The fourth-order valence-electron chi connectivity index (χ4n) is 3.73. The van der Waals surface area contributed by atoms with Gasteiger partial charge in [0.25, 0.3) is 0 Å². The Hall–Kier alpha value is -1.60. The van der Waals surface area contributed by atoms with E-state index in [4.69, 9.17) is 4.74 Å². The first kappa shape index (κ1) is 17.2. The van der Waals surface area contributed by atoms with E-state index in [1.165, 1.54) is 5.56 Å². The monoisotopic (exact) mass is 335 g/mol. The van der Waals surface area contributed by atoms with Crippen molar-refractivity contribution in [1.82, 2.24) is 24.9 Å². The van der Waals surface area contributed by atoms with Crippen molar-refractivity contribution in [3.63, 3.8) is 0 Å². The van der Waals surface area contributed by atoms with Crippen molar-refractivity contribution in [3.8, 4) is 0 Å². The molecule has 1 N–H and O–H groups in total. The van der Waals surface area contributed by atoms with E-state index in [1.807, 2.05) is 17.9 Å². The number of hydrogen-bond acceptors (Lipinski definition) is 4. The van der Waals surface area contributed by atoms with Crippen LogP contribution in [-0.2, 0) is 18.3 Å². The second kappa shape index (κ2) is 7.11. The van der Waals surface area contributed by atoms with E-state index in [-0.39, 0.29) is 17.7 Å². The molecule has 7 heteroatoms. The summed E-state index contributed by atoms with van der Waals surface area (Å²) in [4.78, 5) is 16.0. The summed E-state index contributed by atoms with van der Waals surface area (Å²) in [6.07, 6.45) is 7.90. The van der Waals surface area contributed by atoms with E-state index in [0.29, 0.717) is 0 Å². The van der Waals surface area contributed by atoms with E-state index in [1.54, 1.807) is 19.0 Å². The van der Waals surface area contributed by atoms with Crippen LogP contribution in [0.15, 0.2) is 12.4 Å². The summed E-state index contributed by atoms with van der Waals surface area (Å²) in [7, 11) is 5.51. The normalized spacial score (nSPS) is 24.0. The largest absolute Gasteiger partial charge is 0.375 e. The molecule has 1 aromatic heterocycles. The third kappa shape index (κ3) is 4.08. The summed E-state index contributed by atoms with van der Waals surface area (Å²) in [6, 6.07) is 0.213. The molecule has 2 saturated heterocycles. The lowest BCUT2D eigenvalue weighted by Gasteiger charge is -2.46. The summed E-state index contributed by atoms with van der Waals surface area (Å²) in [6.45, 7) is 3.75. The Morgan fingerprint density at radius 3 is 2.83 bits per heavy atom. The number of ether oxygens (including phenoxy) is 1. The van der Waals surface area contributed by atoms with Crippen molar-refractivity contribution in [2.45, 2.75) is 43.9 Å². The summed E-state index contributed by atoms with van der Waals surface area (Å²) in [5.41, 5.74) is 1.20. The zero-order chi connectivity index (χ0) is 17.2. The number of carbonyl (C=O) groups is 1. The van der Waals surface area contributed by atoms with Crippen molar-refractivity contribution < 1.29 is 9.53 Å². The van der Waals surface area contributed by atoms with Gasteiger partial charge in [-0.1, -0.05) is 0 Å². The van der Waals surface area contributed by atoms with Crippen LogP contribution in [0.25, 0.3) is 0 Å².